The van der Waals surface area contributed by atoms with Crippen molar-refractivity contribution in [3.63, 3.8) is 0 Å². The van der Waals surface area contributed by atoms with Gasteiger partial charge in [-0.3, -0.25) is 9.59 Å². The molecule has 2 rings (SSSR count). The second kappa shape index (κ2) is 8.12. The first-order chi connectivity index (χ1) is 11.3. The fourth-order valence-corrected chi connectivity index (χ4v) is 3.25. The second-order valence-electron chi connectivity index (χ2n) is 6.77. The fraction of sp³-hybridized carbons (Fsp3) is 0.556. The number of hydrogen-bond donors (Lipinski definition) is 1. The largest absolute Gasteiger partial charge is 0.345 e. The molecule has 1 fully saturated rings. The molecule has 1 heterocycles. The van der Waals surface area contributed by atoms with Gasteiger partial charge in [-0.15, -0.1) is 0 Å². The standard InChI is InChI=1S/C18H26BrN3O2/c1-12(2)16(20)8-9-21(3)17(23)15-7-10-22(18(15)24)14-6-4-5-13(19)11-14/h4-6,11-12,15-16H,7-10,20H2,1-3H3. The number of carbonyl (C=O) groups is 2. The van der Waals surface area contributed by atoms with E-state index in [2.05, 4.69) is 29.8 Å². The van der Waals surface area contributed by atoms with Crippen LogP contribution in [0.5, 0.6) is 0 Å². The van der Waals surface area contributed by atoms with Gasteiger partial charge in [-0.05, 0) is 37.0 Å². The van der Waals surface area contributed by atoms with E-state index in [0.29, 0.717) is 25.4 Å². The highest BCUT2D eigenvalue weighted by atomic mass is 79.9. The minimum absolute atomic E-state index is 0.0673. The average Bonchev–Trinajstić information content (AvgIpc) is 2.92. The molecule has 2 N–H and O–H groups in total. The summed E-state index contributed by atoms with van der Waals surface area (Å²) in [7, 11) is 1.75. The lowest BCUT2D eigenvalue weighted by Gasteiger charge is -2.24. The van der Waals surface area contributed by atoms with Crippen LogP contribution in [0.1, 0.15) is 26.7 Å². The van der Waals surface area contributed by atoms with Gasteiger partial charge < -0.3 is 15.5 Å². The highest BCUT2D eigenvalue weighted by Gasteiger charge is 2.38. The fourth-order valence-electron chi connectivity index (χ4n) is 2.86. The van der Waals surface area contributed by atoms with Crippen LogP contribution in [0.3, 0.4) is 0 Å². The van der Waals surface area contributed by atoms with Crippen molar-refractivity contribution in [3.8, 4) is 0 Å². The van der Waals surface area contributed by atoms with Crippen LogP contribution in [0.15, 0.2) is 28.7 Å². The van der Waals surface area contributed by atoms with Crippen molar-refractivity contribution in [3.05, 3.63) is 28.7 Å². The molecule has 1 aliphatic rings. The first kappa shape index (κ1) is 18.9. The molecule has 24 heavy (non-hydrogen) atoms. The SMILES string of the molecule is CC(C)C(N)CCN(C)C(=O)C1CCN(c2cccc(Br)c2)C1=O. The maximum atomic E-state index is 12.6. The molecule has 132 valence electrons. The van der Waals surface area contributed by atoms with Gasteiger partial charge in [0.15, 0.2) is 0 Å². The molecule has 1 aromatic carbocycles. The van der Waals surface area contributed by atoms with Crippen LogP contribution in [0, 0.1) is 11.8 Å². The Balaban J connectivity index is 1.97. The summed E-state index contributed by atoms with van der Waals surface area (Å²) in [5, 5.41) is 0. The smallest absolute Gasteiger partial charge is 0.239 e. The molecular weight excluding hydrogens is 370 g/mol. The van der Waals surface area contributed by atoms with Gasteiger partial charge in [-0.2, -0.15) is 0 Å². The first-order valence-corrected chi connectivity index (χ1v) is 9.18. The van der Waals surface area contributed by atoms with Crippen molar-refractivity contribution < 1.29 is 9.59 Å². The van der Waals surface area contributed by atoms with Gasteiger partial charge in [0.05, 0.1) is 0 Å². The second-order valence-corrected chi connectivity index (χ2v) is 7.68. The lowest BCUT2D eigenvalue weighted by atomic mass is 10.0. The molecule has 0 radical (unpaired) electrons. The van der Waals surface area contributed by atoms with Gasteiger partial charge >= 0.3 is 0 Å². The summed E-state index contributed by atoms with van der Waals surface area (Å²) in [4.78, 5) is 28.6. The van der Waals surface area contributed by atoms with Crippen molar-refractivity contribution >= 4 is 33.4 Å². The maximum Gasteiger partial charge on any atom is 0.239 e. The van der Waals surface area contributed by atoms with Crippen LogP contribution in [-0.2, 0) is 9.59 Å². The lowest BCUT2D eigenvalue weighted by molar-refractivity contribution is -0.138. The Morgan fingerprint density at radius 1 is 1.46 bits per heavy atom. The van der Waals surface area contributed by atoms with Gasteiger partial charge in [0.25, 0.3) is 0 Å². The van der Waals surface area contributed by atoms with Gasteiger partial charge in [-0.1, -0.05) is 35.8 Å². The van der Waals surface area contributed by atoms with Crippen LogP contribution in [-0.4, -0.2) is 42.9 Å². The van der Waals surface area contributed by atoms with Crippen LogP contribution >= 0.6 is 15.9 Å². The summed E-state index contributed by atoms with van der Waals surface area (Å²) in [6.07, 6.45) is 1.31. The number of carbonyl (C=O) groups excluding carboxylic acids is 2. The van der Waals surface area contributed by atoms with E-state index in [1.165, 1.54) is 0 Å². The van der Waals surface area contributed by atoms with E-state index in [9.17, 15) is 9.59 Å². The van der Waals surface area contributed by atoms with Gasteiger partial charge in [0.2, 0.25) is 11.8 Å². The molecule has 0 bridgehead atoms. The summed E-state index contributed by atoms with van der Waals surface area (Å²) in [5.74, 6) is -0.413. The van der Waals surface area contributed by atoms with E-state index >= 15 is 0 Å². The molecule has 1 aromatic rings. The van der Waals surface area contributed by atoms with E-state index in [0.717, 1.165) is 16.6 Å². The molecule has 1 aliphatic heterocycles. The molecule has 0 saturated carbocycles. The Bertz CT molecular complexity index is 606. The van der Waals surface area contributed by atoms with Crippen molar-refractivity contribution in [2.75, 3.05) is 25.0 Å². The number of anilines is 1. The third-order valence-electron chi connectivity index (χ3n) is 4.65. The van der Waals surface area contributed by atoms with E-state index in [4.69, 9.17) is 5.73 Å². The van der Waals surface area contributed by atoms with Crippen LogP contribution in [0.4, 0.5) is 5.69 Å². The lowest BCUT2D eigenvalue weighted by Crippen LogP contribution is -2.40. The maximum absolute atomic E-state index is 12.6. The number of nitrogens with zero attached hydrogens (tertiary/aromatic N) is 2. The number of rotatable bonds is 6. The predicted molar refractivity (Wildman–Crippen MR) is 99.7 cm³/mol. The van der Waals surface area contributed by atoms with Gasteiger partial charge in [-0.25, -0.2) is 0 Å². The van der Waals surface area contributed by atoms with Crippen LogP contribution in [0.2, 0.25) is 0 Å². The van der Waals surface area contributed by atoms with Gasteiger partial charge in [0, 0.05) is 36.3 Å². The highest BCUT2D eigenvalue weighted by molar-refractivity contribution is 9.10. The normalized spacial score (nSPS) is 19.0. The van der Waals surface area contributed by atoms with Crippen molar-refractivity contribution in [1.29, 1.82) is 0 Å². The van der Waals surface area contributed by atoms with Gasteiger partial charge in [0.1, 0.15) is 5.92 Å². The summed E-state index contributed by atoms with van der Waals surface area (Å²) in [5.41, 5.74) is 6.87. The molecule has 1 saturated heterocycles. The summed E-state index contributed by atoms with van der Waals surface area (Å²) >= 11 is 3.42. The number of amides is 2. The number of benzene rings is 1. The van der Waals surface area contributed by atoms with Crippen LogP contribution < -0.4 is 10.6 Å². The molecular formula is C18H26BrN3O2. The van der Waals surface area contributed by atoms with Crippen molar-refractivity contribution in [2.24, 2.45) is 17.6 Å². The quantitative estimate of drug-likeness (QED) is 0.752. The molecule has 0 aliphatic carbocycles. The number of halogens is 1. The summed E-state index contributed by atoms with van der Waals surface area (Å²) in [6, 6.07) is 7.66. The molecule has 6 heteroatoms. The predicted octanol–water partition coefficient (Wildman–Crippen LogP) is 2.63. The number of hydrogen-bond acceptors (Lipinski definition) is 3. The zero-order chi connectivity index (χ0) is 17.9. The van der Waals surface area contributed by atoms with E-state index in [1.54, 1.807) is 16.8 Å². The Labute approximate surface area is 152 Å². The van der Waals surface area contributed by atoms with Crippen molar-refractivity contribution in [1.82, 2.24) is 4.90 Å². The summed E-state index contributed by atoms with van der Waals surface area (Å²) < 4.78 is 0.919. The highest BCUT2D eigenvalue weighted by Crippen LogP contribution is 2.28. The van der Waals surface area contributed by atoms with Crippen LogP contribution in [0.25, 0.3) is 0 Å². The van der Waals surface area contributed by atoms with E-state index < -0.39 is 5.92 Å². The molecule has 5 nitrogen and oxygen atoms in total. The first-order valence-electron chi connectivity index (χ1n) is 8.38. The van der Waals surface area contributed by atoms with Crippen molar-refractivity contribution in [2.45, 2.75) is 32.7 Å². The molecule has 0 aromatic heterocycles. The molecule has 2 atom stereocenters. The average molecular weight is 396 g/mol. The topological polar surface area (TPSA) is 66.6 Å². The summed E-state index contributed by atoms with van der Waals surface area (Å²) in [6.45, 7) is 5.30. The van der Waals surface area contributed by atoms with E-state index in [-0.39, 0.29) is 17.9 Å². The third kappa shape index (κ3) is 4.36. The zero-order valence-corrected chi connectivity index (χ0v) is 16.1. The Kier molecular flexibility index (Phi) is 6.40. The zero-order valence-electron chi connectivity index (χ0n) is 14.5. The molecule has 0 spiro atoms. The molecule has 2 amide bonds. The monoisotopic (exact) mass is 395 g/mol. The molecule has 2 unspecified atom stereocenters. The minimum Gasteiger partial charge on any atom is -0.345 e. The minimum atomic E-state index is -0.579. The third-order valence-corrected chi connectivity index (χ3v) is 5.15. The number of nitrogens with two attached hydrogens (primary N) is 1. The Hall–Kier alpha value is -1.40. The Morgan fingerprint density at radius 2 is 2.17 bits per heavy atom. The Morgan fingerprint density at radius 3 is 2.79 bits per heavy atom. The van der Waals surface area contributed by atoms with E-state index in [1.807, 2.05) is 24.3 Å².